The van der Waals surface area contributed by atoms with Crippen molar-refractivity contribution in [3.63, 3.8) is 0 Å². The van der Waals surface area contributed by atoms with Gasteiger partial charge in [0.15, 0.2) is 5.11 Å². The maximum absolute atomic E-state index is 12.1. The summed E-state index contributed by atoms with van der Waals surface area (Å²) in [4.78, 5) is 33.3. The van der Waals surface area contributed by atoms with Gasteiger partial charge in [0, 0.05) is 28.9 Å². The number of rotatable bonds is 4. The van der Waals surface area contributed by atoms with Gasteiger partial charge in [-0.15, -0.1) is 0 Å². The number of nitro benzene ring substituents is 1. The number of nitrogens with one attached hydrogen (secondary N) is 2. The molecule has 0 radical (unpaired) electrons. The molecule has 0 aliphatic carbocycles. The molecule has 0 atom stereocenters. The molecule has 122 valence electrons. The van der Waals surface area contributed by atoms with Crippen molar-refractivity contribution in [2.24, 2.45) is 5.73 Å². The monoisotopic (exact) mass is 344 g/mol. The van der Waals surface area contributed by atoms with Crippen LogP contribution in [0.1, 0.15) is 20.7 Å². The maximum atomic E-state index is 12.1. The van der Waals surface area contributed by atoms with Gasteiger partial charge in [-0.1, -0.05) is 12.1 Å². The second kappa shape index (κ2) is 7.29. The summed E-state index contributed by atoms with van der Waals surface area (Å²) in [7, 11) is 0. The zero-order valence-electron chi connectivity index (χ0n) is 12.2. The number of carbonyl (C=O) groups is 2. The predicted octanol–water partition coefficient (Wildman–Crippen LogP) is 1.82. The number of primary amides is 1. The zero-order valence-corrected chi connectivity index (χ0v) is 13.0. The Morgan fingerprint density at radius 3 is 2.42 bits per heavy atom. The van der Waals surface area contributed by atoms with Gasteiger partial charge < -0.3 is 11.1 Å². The molecule has 2 aromatic carbocycles. The number of amides is 2. The Morgan fingerprint density at radius 1 is 1.08 bits per heavy atom. The first kappa shape index (κ1) is 17.0. The summed E-state index contributed by atoms with van der Waals surface area (Å²) < 4.78 is 0. The summed E-state index contributed by atoms with van der Waals surface area (Å²) in [6.07, 6.45) is 0. The average Bonchev–Trinajstić information content (AvgIpc) is 2.55. The van der Waals surface area contributed by atoms with Gasteiger partial charge >= 0.3 is 0 Å². The third-order valence-corrected chi connectivity index (χ3v) is 3.16. The van der Waals surface area contributed by atoms with Crippen molar-refractivity contribution < 1.29 is 14.5 Å². The van der Waals surface area contributed by atoms with Crippen LogP contribution in [0, 0.1) is 10.1 Å². The first-order valence-electron chi connectivity index (χ1n) is 6.63. The Kier molecular flexibility index (Phi) is 5.17. The van der Waals surface area contributed by atoms with Gasteiger partial charge in [-0.2, -0.15) is 0 Å². The summed E-state index contributed by atoms with van der Waals surface area (Å²) in [6, 6.07) is 11.5. The molecule has 9 heteroatoms. The number of carbonyl (C=O) groups excluding carboxylic acids is 2. The molecule has 2 amide bonds. The molecule has 2 aromatic rings. The van der Waals surface area contributed by atoms with E-state index >= 15 is 0 Å². The number of thiocarbonyl (C=S) groups is 1. The minimum absolute atomic E-state index is 0.0203. The normalized spacial score (nSPS) is 9.83. The molecule has 0 heterocycles. The molecular weight excluding hydrogens is 332 g/mol. The van der Waals surface area contributed by atoms with Crippen LogP contribution in [-0.4, -0.2) is 21.9 Å². The van der Waals surface area contributed by atoms with Crippen LogP contribution in [0.25, 0.3) is 0 Å². The fraction of sp³-hybridized carbons (Fsp3) is 0. The summed E-state index contributed by atoms with van der Waals surface area (Å²) in [5.41, 5.74) is 5.84. The second-order valence-electron chi connectivity index (χ2n) is 4.66. The van der Waals surface area contributed by atoms with Gasteiger partial charge in [0.1, 0.15) is 0 Å². The first-order valence-corrected chi connectivity index (χ1v) is 7.04. The molecule has 0 spiro atoms. The van der Waals surface area contributed by atoms with E-state index in [1.165, 1.54) is 30.3 Å². The van der Waals surface area contributed by atoms with Crippen molar-refractivity contribution in [2.75, 3.05) is 5.32 Å². The minimum atomic E-state index is -0.595. The van der Waals surface area contributed by atoms with E-state index in [1.54, 1.807) is 12.1 Å². The van der Waals surface area contributed by atoms with Crippen LogP contribution in [-0.2, 0) is 0 Å². The highest BCUT2D eigenvalue weighted by atomic mass is 32.1. The van der Waals surface area contributed by atoms with Gasteiger partial charge in [-0.25, -0.2) is 0 Å². The Hall–Kier alpha value is -3.33. The van der Waals surface area contributed by atoms with Gasteiger partial charge in [-0.3, -0.25) is 25.0 Å². The van der Waals surface area contributed by atoms with Crippen LogP contribution < -0.4 is 16.4 Å². The molecule has 2 rings (SSSR count). The topological polar surface area (TPSA) is 127 Å². The van der Waals surface area contributed by atoms with Crippen molar-refractivity contribution >= 4 is 40.5 Å². The van der Waals surface area contributed by atoms with Crippen molar-refractivity contribution in [1.29, 1.82) is 0 Å². The summed E-state index contributed by atoms with van der Waals surface area (Å²) in [5.74, 6) is -1.19. The van der Waals surface area contributed by atoms with Crippen molar-refractivity contribution in [2.45, 2.75) is 0 Å². The fourth-order valence-corrected chi connectivity index (χ4v) is 2.06. The molecule has 0 unspecified atom stereocenters. The van der Waals surface area contributed by atoms with E-state index in [-0.39, 0.29) is 21.9 Å². The first-order chi connectivity index (χ1) is 11.4. The number of hydrogen-bond donors (Lipinski definition) is 3. The van der Waals surface area contributed by atoms with Crippen LogP contribution in [0.4, 0.5) is 11.4 Å². The number of anilines is 1. The molecule has 0 aromatic heterocycles. The Labute approximate surface area is 141 Å². The lowest BCUT2D eigenvalue weighted by Gasteiger charge is -2.10. The molecule has 24 heavy (non-hydrogen) atoms. The lowest BCUT2D eigenvalue weighted by Crippen LogP contribution is -2.34. The molecule has 0 aliphatic heterocycles. The van der Waals surface area contributed by atoms with Crippen molar-refractivity contribution in [3.8, 4) is 0 Å². The third-order valence-electron chi connectivity index (χ3n) is 2.95. The highest BCUT2D eigenvalue weighted by Gasteiger charge is 2.13. The quantitative estimate of drug-likeness (QED) is 0.441. The van der Waals surface area contributed by atoms with E-state index in [0.717, 1.165) is 6.07 Å². The Bertz CT molecular complexity index is 838. The van der Waals surface area contributed by atoms with Gasteiger partial charge in [-0.05, 0) is 36.5 Å². The maximum Gasteiger partial charge on any atom is 0.270 e. The number of nitrogens with two attached hydrogens (primary N) is 1. The fourth-order valence-electron chi connectivity index (χ4n) is 1.85. The number of non-ortho nitro benzene ring substituents is 1. The minimum Gasteiger partial charge on any atom is -0.366 e. The standard InChI is InChI=1S/C15H12N4O4S/c16-13(20)9-3-1-5-11(7-9)17-15(24)18-14(21)10-4-2-6-12(8-10)19(22)23/h1-8H,(H2,16,20)(H2,17,18,21,24). The van der Waals surface area contributed by atoms with Crippen LogP contribution in [0.5, 0.6) is 0 Å². The van der Waals surface area contributed by atoms with Gasteiger partial charge in [0.25, 0.3) is 11.6 Å². The average molecular weight is 344 g/mol. The van der Waals surface area contributed by atoms with E-state index < -0.39 is 16.7 Å². The van der Waals surface area contributed by atoms with E-state index in [0.29, 0.717) is 5.69 Å². The van der Waals surface area contributed by atoms with Crippen LogP contribution in [0.2, 0.25) is 0 Å². The number of nitro groups is 1. The molecule has 4 N–H and O–H groups in total. The highest BCUT2D eigenvalue weighted by molar-refractivity contribution is 7.80. The molecule has 0 saturated carbocycles. The van der Waals surface area contributed by atoms with E-state index in [9.17, 15) is 19.7 Å². The van der Waals surface area contributed by atoms with Gasteiger partial charge in [0.05, 0.1) is 4.92 Å². The molecule has 0 fully saturated rings. The Morgan fingerprint density at radius 2 is 1.75 bits per heavy atom. The lowest BCUT2D eigenvalue weighted by molar-refractivity contribution is -0.384. The largest absolute Gasteiger partial charge is 0.366 e. The highest BCUT2D eigenvalue weighted by Crippen LogP contribution is 2.13. The Balaban J connectivity index is 2.05. The molecular formula is C15H12N4O4S. The van der Waals surface area contributed by atoms with Crippen molar-refractivity contribution in [1.82, 2.24) is 5.32 Å². The van der Waals surface area contributed by atoms with Crippen LogP contribution >= 0.6 is 12.2 Å². The number of hydrogen-bond acceptors (Lipinski definition) is 5. The number of nitrogens with zero attached hydrogens (tertiary/aromatic N) is 1. The number of benzene rings is 2. The van der Waals surface area contributed by atoms with E-state index in [2.05, 4.69) is 10.6 Å². The van der Waals surface area contributed by atoms with E-state index in [4.69, 9.17) is 18.0 Å². The summed E-state index contributed by atoms with van der Waals surface area (Å²) in [5, 5.41) is 15.8. The lowest BCUT2D eigenvalue weighted by atomic mass is 10.2. The summed E-state index contributed by atoms with van der Waals surface area (Å²) >= 11 is 5.01. The smallest absolute Gasteiger partial charge is 0.270 e. The third kappa shape index (κ3) is 4.34. The van der Waals surface area contributed by atoms with Crippen LogP contribution in [0.3, 0.4) is 0 Å². The van der Waals surface area contributed by atoms with E-state index in [1.807, 2.05) is 0 Å². The van der Waals surface area contributed by atoms with Gasteiger partial charge in [0.2, 0.25) is 5.91 Å². The second-order valence-corrected chi connectivity index (χ2v) is 5.07. The molecule has 0 saturated heterocycles. The molecule has 0 bridgehead atoms. The predicted molar refractivity (Wildman–Crippen MR) is 91.7 cm³/mol. The van der Waals surface area contributed by atoms with Crippen molar-refractivity contribution in [3.05, 3.63) is 69.8 Å². The summed E-state index contributed by atoms with van der Waals surface area (Å²) in [6.45, 7) is 0. The molecule has 8 nitrogen and oxygen atoms in total. The SMILES string of the molecule is NC(=O)c1cccc(NC(=S)NC(=O)c2cccc([N+](=O)[O-])c2)c1. The van der Waals surface area contributed by atoms with Crippen LogP contribution in [0.15, 0.2) is 48.5 Å². The zero-order chi connectivity index (χ0) is 17.7. The molecule has 0 aliphatic rings.